The highest BCUT2D eigenvalue weighted by atomic mass is 16.3. The largest absolute Gasteiger partial charge is 0.392 e. The van der Waals surface area contributed by atoms with Gasteiger partial charge in [-0.05, 0) is 12.1 Å². The lowest BCUT2D eigenvalue weighted by Gasteiger charge is -1.92. The van der Waals surface area contributed by atoms with Gasteiger partial charge in [-0.3, -0.25) is 0 Å². The molecular weight excluding hydrogens is 140 g/mol. The highest BCUT2D eigenvalue weighted by Gasteiger charge is 1.99. The smallest absolute Gasteiger partial charge is 0.142 e. The standard InChI is InChI=1S/C8H8N2O/c11-6-7-2-5-10-4-1-3-9-8(7)10/h1-5,11H,6H2. The van der Waals surface area contributed by atoms with Crippen molar-refractivity contribution in [3.8, 4) is 0 Å². The Kier molecular flexibility index (Phi) is 1.36. The number of aliphatic hydroxyl groups excluding tert-OH is 1. The van der Waals surface area contributed by atoms with Crippen LogP contribution >= 0.6 is 0 Å². The number of rotatable bonds is 1. The second-order valence-corrected chi connectivity index (χ2v) is 2.35. The Morgan fingerprint density at radius 2 is 2.36 bits per heavy atom. The average molecular weight is 148 g/mol. The van der Waals surface area contributed by atoms with Crippen molar-refractivity contribution >= 4 is 5.65 Å². The van der Waals surface area contributed by atoms with Crippen LogP contribution in [0.5, 0.6) is 0 Å². The van der Waals surface area contributed by atoms with Gasteiger partial charge in [0, 0.05) is 24.2 Å². The zero-order chi connectivity index (χ0) is 7.68. The molecule has 0 fully saturated rings. The number of fused-ring (bicyclic) bond motifs is 1. The summed E-state index contributed by atoms with van der Waals surface area (Å²) in [6.07, 6.45) is 5.50. The van der Waals surface area contributed by atoms with Crippen LogP contribution in [0.25, 0.3) is 5.65 Å². The minimum atomic E-state index is 0.0491. The molecule has 0 aliphatic heterocycles. The summed E-state index contributed by atoms with van der Waals surface area (Å²) in [6.45, 7) is 0.0491. The molecule has 3 nitrogen and oxygen atoms in total. The Balaban J connectivity index is 2.76. The maximum absolute atomic E-state index is 8.87. The molecule has 0 saturated heterocycles. The molecule has 2 rings (SSSR count). The van der Waals surface area contributed by atoms with Crippen LogP contribution in [-0.4, -0.2) is 14.5 Å². The minimum Gasteiger partial charge on any atom is -0.392 e. The molecule has 2 aromatic rings. The van der Waals surface area contributed by atoms with Crippen molar-refractivity contribution in [3.63, 3.8) is 0 Å². The Morgan fingerprint density at radius 1 is 1.45 bits per heavy atom. The van der Waals surface area contributed by atoms with Gasteiger partial charge in [0.1, 0.15) is 5.65 Å². The molecule has 0 bridgehead atoms. The summed E-state index contributed by atoms with van der Waals surface area (Å²) in [7, 11) is 0. The van der Waals surface area contributed by atoms with Crippen LogP contribution in [0.2, 0.25) is 0 Å². The van der Waals surface area contributed by atoms with Gasteiger partial charge in [0.05, 0.1) is 6.61 Å². The number of aliphatic hydroxyl groups is 1. The van der Waals surface area contributed by atoms with Gasteiger partial charge in [-0.25, -0.2) is 4.98 Å². The van der Waals surface area contributed by atoms with Gasteiger partial charge in [0.25, 0.3) is 0 Å². The molecule has 0 spiro atoms. The average Bonchev–Trinajstić information content (AvgIpc) is 2.47. The second-order valence-electron chi connectivity index (χ2n) is 2.35. The van der Waals surface area contributed by atoms with E-state index < -0.39 is 0 Å². The lowest BCUT2D eigenvalue weighted by atomic mass is 10.3. The summed E-state index contributed by atoms with van der Waals surface area (Å²) in [4.78, 5) is 4.11. The Bertz CT molecular complexity index is 367. The van der Waals surface area contributed by atoms with Crippen LogP contribution in [0.15, 0.2) is 30.7 Å². The van der Waals surface area contributed by atoms with E-state index in [1.165, 1.54) is 0 Å². The third-order valence-electron chi connectivity index (χ3n) is 1.67. The zero-order valence-electron chi connectivity index (χ0n) is 5.94. The van der Waals surface area contributed by atoms with Crippen LogP contribution in [0.1, 0.15) is 5.56 Å². The highest BCUT2D eigenvalue weighted by Crippen LogP contribution is 2.08. The van der Waals surface area contributed by atoms with Gasteiger partial charge in [-0.15, -0.1) is 0 Å². The van der Waals surface area contributed by atoms with E-state index in [0.717, 1.165) is 11.2 Å². The molecular formula is C8H8N2O. The number of hydrogen-bond donors (Lipinski definition) is 1. The van der Waals surface area contributed by atoms with Gasteiger partial charge in [-0.1, -0.05) is 0 Å². The molecule has 11 heavy (non-hydrogen) atoms. The van der Waals surface area contributed by atoms with Gasteiger partial charge < -0.3 is 9.51 Å². The lowest BCUT2D eigenvalue weighted by molar-refractivity contribution is 0.283. The van der Waals surface area contributed by atoms with Crippen LogP contribution in [0, 0.1) is 0 Å². The van der Waals surface area contributed by atoms with Crippen molar-refractivity contribution < 1.29 is 5.11 Å². The quantitative estimate of drug-likeness (QED) is 0.650. The molecule has 3 heteroatoms. The monoisotopic (exact) mass is 148 g/mol. The third-order valence-corrected chi connectivity index (χ3v) is 1.67. The maximum atomic E-state index is 8.87. The first-order chi connectivity index (χ1) is 5.42. The van der Waals surface area contributed by atoms with E-state index in [0.29, 0.717) is 0 Å². The molecule has 1 N–H and O–H groups in total. The number of aromatic nitrogens is 2. The Morgan fingerprint density at radius 3 is 3.18 bits per heavy atom. The first-order valence-electron chi connectivity index (χ1n) is 3.43. The fourth-order valence-corrected chi connectivity index (χ4v) is 1.12. The van der Waals surface area contributed by atoms with Crippen LogP contribution in [0.3, 0.4) is 0 Å². The van der Waals surface area contributed by atoms with E-state index in [-0.39, 0.29) is 6.61 Å². The summed E-state index contributed by atoms with van der Waals surface area (Å²) < 4.78 is 1.88. The molecule has 0 saturated carbocycles. The van der Waals surface area contributed by atoms with E-state index in [4.69, 9.17) is 5.11 Å². The number of nitrogens with zero attached hydrogens (tertiary/aromatic N) is 2. The molecule has 0 aliphatic rings. The molecule has 0 unspecified atom stereocenters. The number of hydrogen-bond acceptors (Lipinski definition) is 2. The van der Waals surface area contributed by atoms with Crippen LogP contribution in [0.4, 0.5) is 0 Å². The van der Waals surface area contributed by atoms with Crippen molar-refractivity contribution in [2.45, 2.75) is 6.61 Å². The highest BCUT2D eigenvalue weighted by molar-refractivity contribution is 5.47. The summed E-state index contributed by atoms with van der Waals surface area (Å²) in [5.41, 5.74) is 1.70. The molecule has 0 radical (unpaired) electrons. The first kappa shape index (κ1) is 6.37. The van der Waals surface area contributed by atoms with E-state index in [1.807, 2.05) is 28.9 Å². The van der Waals surface area contributed by atoms with Crippen molar-refractivity contribution in [2.75, 3.05) is 0 Å². The van der Waals surface area contributed by atoms with E-state index in [1.54, 1.807) is 6.20 Å². The normalized spacial score (nSPS) is 10.6. The van der Waals surface area contributed by atoms with E-state index in [2.05, 4.69) is 4.98 Å². The fourth-order valence-electron chi connectivity index (χ4n) is 1.12. The molecule has 2 aromatic heterocycles. The van der Waals surface area contributed by atoms with Gasteiger partial charge in [0.2, 0.25) is 0 Å². The van der Waals surface area contributed by atoms with Crippen LogP contribution < -0.4 is 0 Å². The van der Waals surface area contributed by atoms with Crippen molar-refractivity contribution in [1.29, 1.82) is 0 Å². The van der Waals surface area contributed by atoms with Crippen molar-refractivity contribution in [2.24, 2.45) is 0 Å². The van der Waals surface area contributed by atoms with Crippen LogP contribution in [-0.2, 0) is 6.61 Å². The SMILES string of the molecule is OCc1ccn2cccnc12. The molecule has 0 aromatic carbocycles. The Hall–Kier alpha value is -1.35. The van der Waals surface area contributed by atoms with Gasteiger partial charge >= 0.3 is 0 Å². The third kappa shape index (κ3) is 0.897. The molecule has 0 aliphatic carbocycles. The van der Waals surface area contributed by atoms with E-state index >= 15 is 0 Å². The summed E-state index contributed by atoms with van der Waals surface area (Å²) in [5.74, 6) is 0. The Labute approximate surface area is 63.9 Å². The maximum Gasteiger partial charge on any atom is 0.142 e. The molecule has 0 amide bonds. The molecule has 56 valence electrons. The zero-order valence-corrected chi connectivity index (χ0v) is 5.94. The topological polar surface area (TPSA) is 37.5 Å². The summed E-state index contributed by atoms with van der Waals surface area (Å²) >= 11 is 0. The van der Waals surface area contributed by atoms with Crippen molar-refractivity contribution in [1.82, 2.24) is 9.38 Å². The van der Waals surface area contributed by atoms with E-state index in [9.17, 15) is 0 Å². The van der Waals surface area contributed by atoms with Crippen molar-refractivity contribution in [3.05, 3.63) is 36.3 Å². The fraction of sp³-hybridized carbons (Fsp3) is 0.125. The predicted octanol–water partition coefficient (Wildman–Crippen LogP) is 0.827. The first-order valence-corrected chi connectivity index (χ1v) is 3.43. The molecule has 2 heterocycles. The summed E-state index contributed by atoms with van der Waals surface area (Å²) in [5, 5.41) is 8.87. The summed E-state index contributed by atoms with van der Waals surface area (Å²) in [6, 6.07) is 3.72. The van der Waals surface area contributed by atoms with Gasteiger partial charge in [0.15, 0.2) is 0 Å². The predicted molar refractivity (Wildman–Crippen MR) is 41.1 cm³/mol. The molecule has 0 atom stereocenters. The minimum absolute atomic E-state index is 0.0491. The second kappa shape index (κ2) is 2.36. The lowest BCUT2D eigenvalue weighted by Crippen LogP contribution is -1.87. The van der Waals surface area contributed by atoms with Gasteiger partial charge in [-0.2, -0.15) is 0 Å².